The third-order valence-electron chi connectivity index (χ3n) is 8.12. The molecule has 6 rings (SSSR count). The lowest BCUT2D eigenvalue weighted by Crippen LogP contribution is -2.29. The van der Waals surface area contributed by atoms with Crippen molar-refractivity contribution in [3.63, 3.8) is 0 Å². The summed E-state index contributed by atoms with van der Waals surface area (Å²) >= 11 is 15.0. The summed E-state index contributed by atoms with van der Waals surface area (Å²) in [5, 5.41) is 21.6. The number of aromatic nitrogens is 2. The van der Waals surface area contributed by atoms with Crippen LogP contribution in [0, 0.1) is 6.92 Å². The topological polar surface area (TPSA) is 92.6 Å². The number of carbonyl (C=O) groups is 2. The van der Waals surface area contributed by atoms with E-state index < -0.39 is 17.7 Å². The lowest BCUT2D eigenvalue weighted by Gasteiger charge is -2.24. The standard InChI is InChI=1S/C38H33Cl2N3O4S2/c1-22-6-5-7-23(18-22)20-47-29-16-11-25(12-17-29)33(44)31-32(24-8-13-27(14-9-24)38(2,3)4)43(35(46)34(31)45)36-41-42-37(49-36)48-21-26-10-15-28(39)19-30(26)40/h5-19,32,44H,20-21H2,1-4H3/b33-31+. The number of hydrogen-bond donors (Lipinski definition) is 1. The molecule has 7 nitrogen and oxygen atoms in total. The van der Waals surface area contributed by atoms with E-state index in [2.05, 4.69) is 37.0 Å². The van der Waals surface area contributed by atoms with Crippen molar-refractivity contribution in [2.45, 2.75) is 55.9 Å². The Bertz CT molecular complexity index is 2050. The number of rotatable bonds is 9. The Labute approximate surface area is 303 Å². The summed E-state index contributed by atoms with van der Waals surface area (Å²) in [6.07, 6.45) is 0. The number of anilines is 1. The Kier molecular flexibility index (Phi) is 10.2. The predicted molar refractivity (Wildman–Crippen MR) is 198 cm³/mol. The van der Waals surface area contributed by atoms with E-state index in [9.17, 15) is 14.7 Å². The molecule has 5 aromatic rings. The lowest BCUT2D eigenvalue weighted by atomic mass is 9.85. The molecule has 0 spiro atoms. The summed E-state index contributed by atoms with van der Waals surface area (Å²) in [7, 11) is 0. The molecule has 1 N–H and O–H groups in total. The highest BCUT2D eigenvalue weighted by Gasteiger charge is 2.48. The van der Waals surface area contributed by atoms with Crippen LogP contribution in [0.4, 0.5) is 5.13 Å². The van der Waals surface area contributed by atoms with Crippen LogP contribution in [-0.4, -0.2) is 27.0 Å². The molecule has 250 valence electrons. The maximum absolute atomic E-state index is 13.7. The van der Waals surface area contributed by atoms with Crippen molar-refractivity contribution in [2.75, 3.05) is 4.90 Å². The molecule has 4 aromatic carbocycles. The molecule has 0 bridgehead atoms. The van der Waals surface area contributed by atoms with Crippen LogP contribution < -0.4 is 9.64 Å². The fourth-order valence-electron chi connectivity index (χ4n) is 5.48. The number of Topliss-reactive ketones (excluding diaryl/α,β-unsaturated/α-hetero) is 1. The average molecular weight is 731 g/mol. The fraction of sp³-hybridized carbons (Fsp3) is 0.211. The molecule has 1 amide bonds. The molecule has 1 saturated heterocycles. The monoisotopic (exact) mass is 729 g/mol. The van der Waals surface area contributed by atoms with E-state index in [0.29, 0.717) is 43.6 Å². The average Bonchev–Trinajstić information content (AvgIpc) is 3.64. The van der Waals surface area contributed by atoms with E-state index in [4.69, 9.17) is 27.9 Å². The van der Waals surface area contributed by atoms with Crippen molar-refractivity contribution in [3.05, 3.63) is 140 Å². The molecule has 1 aromatic heterocycles. The third kappa shape index (κ3) is 7.70. The van der Waals surface area contributed by atoms with Crippen molar-refractivity contribution in [1.29, 1.82) is 0 Å². The zero-order chi connectivity index (χ0) is 34.9. The third-order valence-corrected chi connectivity index (χ3v) is 10.8. The minimum absolute atomic E-state index is 0.0284. The van der Waals surface area contributed by atoms with Crippen LogP contribution in [0.3, 0.4) is 0 Å². The second kappa shape index (κ2) is 14.4. The Morgan fingerprint density at radius 2 is 1.69 bits per heavy atom. The van der Waals surface area contributed by atoms with E-state index in [1.54, 1.807) is 36.4 Å². The first-order valence-electron chi connectivity index (χ1n) is 15.5. The number of amides is 1. The molecular weight excluding hydrogens is 697 g/mol. The van der Waals surface area contributed by atoms with Crippen LogP contribution >= 0.6 is 46.3 Å². The van der Waals surface area contributed by atoms with Gasteiger partial charge >= 0.3 is 5.91 Å². The summed E-state index contributed by atoms with van der Waals surface area (Å²) in [4.78, 5) is 28.8. The molecule has 1 aliphatic rings. The number of ether oxygens (including phenoxy) is 1. The highest BCUT2D eigenvalue weighted by molar-refractivity contribution is 8.00. The number of ketones is 1. The number of aliphatic hydroxyl groups is 1. The Balaban J connectivity index is 1.32. The van der Waals surface area contributed by atoms with Crippen molar-refractivity contribution < 1.29 is 19.4 Å². The largest absolute Gasteiger partial charge is 0.507 e. The SMILES string of the molecule is Cc1cccc(COc2ccc(/C(O)=C3\C(=O)C(=O)N(c4nnc(SCc5ccc(Cl)cc5Cl)s4)C3c3ccc(C(C)(C)C)cc3)cc2)c1. The van der Waals surface area contributed by atoms with Gasteiger partial charge in [0.2, 0.25) is 5.13 Å². The number of thioether (sulfide) groups is 1. The van der Waals surface area contributed by atoms with Crippen LogP contribution in [-0.2, 0) is 27.4 Å². The van der Waals surface area contributed by atoms with Crippen LogP contribution in [0.2, 0.25) is 10.0 Å². The van der Waals surface area contributed by atoms with Crippen molar-refractivity contribution in [3.8, 4) is 5.75 Å². The first-order chi connectivity index (χ1) is 23.4. The van der Waals surface area contributed by atoms with Crippen molar-refractivity contribution in [1.82, 2.24) is 10.2 Å². The molecule has 0 saturated carbocycles. The Hall–Kier alpha value is -4.15. The normalized spacial score (nSPS) is 16.0. The van der Waals surface area contributed by atoms with Gasteiger partial charge in [0, 0.05) is 21.4 Å². The van der Waals surface area contributed by atoms with Gasteiger partial charge in [-0.3, -0.25) is 14.5 Å². The van der Waals surface area contributed by atoms with E-state index in [1.807, 2.05) is 55.5 Å². The highest BCUT2D eigenvalue weighted by Crippen LogP contribution is 2.44. The molecule has 1 aliphatic heterocycles. The summed E-state index contributed by atoms with van der Waals surface area (Å²) < 4.78 is 6.54. The van der Waals surface area contributed by atoms with Crippen molar-refractivity contribution in [2.24, 2.45) is 0 Å². The van der Waals surface area contributed by atoms with Gasteiger partial charge < -0.3 is 9.84 Å². The van der Waals surface area contributed by atoms with Gasteiger partial charge in [-0.25, -0.2) is 0 Å². The van der Waals surface area contributed by atoms with Gasteiger partial charge in [0.1, 0.15) is 18.1 Å². The molecule has 1 atom stereocenters. The number of aryl methyl sites for hydroxylation is 1. The summed E-state index contributed by atoms with van der Waals surface area (Å²) in [5.41, 5.74) is 5.04. The highest BCUT2D eigenvalue weighted by atomic mass is 35.5. The van der Waals surface area contributed by atoms with Gasteiger partial charge in [0.25, 0.3) is 5.78 Å². The smallest absolute Gasteiger partial charge is 0.301 e. The van der Waals surface area contributed by atoms with E-state index in [0.717, 1.165) is 22.3 Å². The summed E-state index contributed by atoms with van der Waals surface area (Å²) in [6, 6.07) is 27.0. The van der Waals surface area contributed by atoms with E-state index >= 15 is 0 Å². The van der Waals surface area contributed by atoms with Gasteiger partial charge in [-0.05, 0) is 71.0 Å². The summed E-state index contributed by atoms with van der Waals surface area (Å²) in [6.45, 7) is 8.75. The fourth-order valence-corrected chi connectivity index (χ4v) is 7.91. The lowest BCUT2D eigenvalue weighted by molar-refractivity contribution is -0.132. The van der Waals surface area contributed by atoms with Crippen LogP contribution in [0.15, 0.2) is 101 Å². The van der Waals surface area contributed by atoms with Gasteiger partial charge in [0.05, 0.1) is 11.6 Å². The van der Waals surface area contributed by atoms with Gasteiger partial charge in [-0.15, -0.1) is 10.2 Å². The van der Waals surface area contributed by atoms with Crippen LogP contribution in [0.1, 0.15) is 60.2 Å². The Morgan fingerprint density at radius 3 is 2.37 bits per heavy atom. The zero-order valence-corrected chi connectivity index (χ0v) is 30.4. The number of carbonyl (C=O) groups excluding carboxylic acids is 2. The van der Waals surface area contributed by atoms with E-state index in [1.165, 1.54) is 28.0 Å². The quantitative estimate of drug-likeness (QED) is 0.0531. The second-order valence-corrected chi connectivity index (χ2v) is 15.7. The number of hydrogen-bond acceptors (Lipinski definition) is 8. The number of halogens is 2. The van der Waals surface area contributed by atoms with E-state index in [-0.39, 0.29) is 21.9 Å². The molecule has 0 aliphatic carbocycles. The number of benzene rings is 4. The first kappa shape index (κ1) is 34.7. The summed E-state index contributed by atoms with van der Waals surface area (Å²) in [5.74, 6) is -0.775. The van der Waals surface area contributed by atoms with Gasteiger partial charge in [-0.2, -0.15) is 0 Å². The maximum Gasteiger partial charge on any atom is 0.301 e. The number of aliphatic hydroxyl groups excluding tert-OH is 1. The van der Waals surface area contributed by atoms with Gasteiger partial charge in [0.15, 0.2) is 4.34 Å². The number of nitrogens with zero attached hydrogens (tertiary/aromatic N) is 3. The second-order valence-electron chi connectivity index (χ2n) is 12.7. The molecule has 49 heavy (non-hydrogen) atoms. The van der Waals surface area contributed by atoms with Crippen molar-refractivity contribution >= 4 is 68.9 Å². The molecule has 2 heterocycles. The van der Waals surface area contributed by atoms with Crippen LogP contribution in [0.5, 0.6) is 5.75 Å². The Morgan fingerprint density at radius 1 is 0.959 bits per heavy atom. The van der Waals surface area contributed by atoms with Gasteiger partial charge in [-0.1, -0.05) is 127 Å². The van der Waals surface area contributed by atoms with Crippen LogP contribution in [0.25, 0.3) is 5.76 Å². The maximum atomic E-state index is 13.7. The molecule has 1 unspecified atom stereocenters. The predicted octanol–water partition coefficient (Wildman–Crippen LogP) is 9.95. The molecule has 11 heteroatoms. The molecule has 1 fully saturated rings. The first-order valence-corrected chi connectivity index (χ1v) is 18.1. The minimum Gasteiger partial charge on any atom is -0.507 e. The molecular formula is C38H33Cl2N3O4S2. The zero-order valence-electron chi connectivity index (χ0n) is 27.2. The minimum atomic E-state index is -0.928. The molecule has 0 radical (unpaired) electrons.